The largest absolute Gasteiger partial charge is 0.509 e. The molecular weight excluding hydrogens is 272 g/mol. The molecule has 0 aliphatic carbocycles. The highest BCUT2D eigenvalue weighted by Crippen LogP contribution is 2.26. The first-order valence-corrected chi connectivity index (χ1v) is 7.95. The standard InChI is InChI=1S/C16H28O5/c1-5-7-8-9-12-13(21-15(18)20-12)11-19-14(17)16(3,4)10-6-2/h12-13H,5-11H2,1-4H3. The maximum atomic E-state index is 12.1. The minimum atomic E-state index is -0.662. The lowest BCUT2D eigenvalue weighted by Gasteiger charge is -2.23. The number of esters is 1. The smallest absolute Gasteiger partial charge is 0.461 e. The summed E-state index contributed by atoms with van der Waals surface area (Å²) in [5.74, 6) is -0.250. The molecule has 5 nitrogen and oxygen atoms in total. The van der Waals surface area contributed by atoms with Crippen LogP contribution in [0.25, 0.3) is 0 Å². The molecule has 1 aliphatic rings. The van der Waals surface area contributed by atoms with Crippen LogP contribution in [0.5, 0.6) is 0 Å². The maximum absolute atomic E-state index is 12.1. The molecule has 0 radical (unpaired) electrons. The molecule has 0 spiro atoms. The zero-order valence-corrected chi connectivity index (χ0v) is 13.6. The van der Waals surface area contributed by atoms with E-state index in [0.29, 0.717) is 0 Å². The number of unbranched alkanes of at least 4 members (excludes halogenated alkanes) is 2. The van der Waals surface area contributed by atoms with E-state index >= 15 is 0 Å². The monoisotopic (exact) mass is 300 g/mol. The Balaban J connectivity index is 2.44. The van der Waals surface area contributed by atoms with Crippen LogP contribution < -0.4 is 0 Å². The number of ether oxygens (including phenoxy) is 3. The van der Waals surface area contributed by atoms with Crippen molar-refractivity contribution in [2.75, 3.05) is 6.61 Å². The average molecular weight is 300 g/mol. The molecule has 2 unspecified atom stereocenters. The van der Waals surface area contributed by atoms with Crippen LogP contribution in [0.15, 0.2) is 0 Å². The molecule has 5 heteroatoms. The predicted octanol–water partition coefficient (Wildman–Crippen LogP) is 3.84. The fourth-order valence-electron chi connectivity index (χ4n) is 2.49. The quantitative estimate of drug-likeness (QED) is 0.478. The Labute approximate surface area is 127 Å². The number of carbonyl (C=O) groups excluding carboxylic acids is 2. The highest BCUT2D eigenvalue weighted by atomic mass is 16.8. The highest BCUT2D eigenvalue weighted by Gasteiger charge is 2.38. The van der Waals surface area contributed by atoms with Gasteiger partial charge in [-0.15, -0.1) is 0 Å². The van der Waals surface area contributed by atoms with Gasteiger partial charge < -0.3 is 14.2 Å². The molecular formula is C16H28O5. The molecule has 0 saturated carbocycles. The van der Waals surface area contributed by atoms with E-state index < -0.39 is 17.7 Å². The third-order valence-electron chi connectivity index (χ3n) is 3.81. The van der Waals surface area contributed by atoms with Gasteiger partial charge in [-0.3, -0.25) is 4.79 Å². The number of hydrogen-bond donors (Lipinski definition) is 0. The Morgan fingerprint density at radius 3 is 2.43 bits per heavy atom. The van der Waals surface area contributed by atoms with Crippen molar-refractivity contribution in [3.05, 3.63) is 0 Å². The summed E-state index contributed by atoms with van der Waals surface area (Å²) < 4.78 is 15.6. The highest BCUT2D eigenvalue weighted by molar-refractivity contribution is 5.75. The molecule has 0 N–H and O–H groups in total. The zero-order valence-electron chi connectivity index (χ0n) is 13.6. The number of rotatable bonds is 9. The number of carbonyl (C=O) groups is 2. The first kappa shape index (κ1) is 17.8. The molecule has 21 heavy (non-hydrogen) atoms. The van der Waals surface area contributed by atoms with E-state index in [1.807, 2.05) is 20.8 Å². The van der Waals surface area contributed by atoms with Crippen LogP contribution in [0.1, 0.15) is 66.2 Å². The molecule has 1 saturated heterocycles. The molecule has 1 fully saturated rings. The first-order chi connectivity index (χ1) is 9.90. The average Bonchev–Trinajstić information content (AvgIpc) is 2.76. The van der Waals surface area contributed by atoms with Crippen LogP contribution in [0.4, 0.5) is 4.79 Å². The van der Waals surface area contributed by atoms with E-state index in [0.717, 1.165) is 38.5 Å². The van der Waals surface area contributed by atoms with Crippen molar-refractivity contribution in [3.8, 4) is 0 Å². The second-order valence-electron chi connectivity index (χ2n) is 6.29. The molecule has 1 heterocycles. The third kappa shape index (κ3) is 5.56. The van der Waals surface area contributed by atoms with Gasteiger partial charge in [-0.25, -0.2) is 4.79 Å². The molecule has 0 aromatic heterocycles. The molecule has 2 atom stereocenters. The summed E-state index contributed by atoms with van der Waals surface area (Å²) in [7, 11) is 0. The molecule has 0 bridgehead atoms. The van der Waals surface area contributed by atoms with E-state index in [2.05, 4.69) is 6.92 Å². The summed E-state index contributed by atoms with van der Waals surface area (Å²) in [4.78, 5) is 23.3. The van der Waals surface area contributed by atoms with Crippen LogP contribution in [-0.2, 0) is 19.0 Å². The van der Waals surface area contributed by atoms with Crippen LogP contribution in [0.3, 0.4) is 0 Å². The van der Waals surface area contributed by atoms with Gasteiger partial charge in [0.05, 0.1) is 5.41 Å². The van der Waals surface area contributed by atoms with Crippen molar-refractivity contribution in [1.29, 1.82) is 0 Å². The maximum Gasteiger partial charge on any atom is 0.509 e. The molecule has 1 rings (SSSR count). The van der Waals surface area contributed by atoms with Gasteiger partial charge in [-0.05, 0) is 33.1 Å². The summed E-state index contributed by atoms with van der Waals surface area (Å²) >= 11 is 0. The first-order valence-electron chi connectivity index (χ1n) is 7.95. The van der Waals surface area contributed by atoms with Gasteiger partial charge in [-0.1, -0.05) is 33.1 Å². The minimum Gasteiger partial charge on any atom is -0.461 e. The molecule has 0 aromatic rings. The van der Waals surface area contributed by atoms with Crippen molar-refractivity contribution < 1.29 is 23.8 Å². The van der Waals surface area contributed by atoms with Gasteiger partial charge >= 0.3 is 12.1 Å². The van der Waals surface area contributed by atoms with Gasteiger partial charge in [0.1, 0.15) is 12.7 Å². The van der Waals surface area contributed by atoms with Crippen LogP contribution in [-0.4, -0.2) is 30.9 Å². The molecule has 0 aromatic carbocycles. The second-order valence-corrected chi connectivity index (χ2v) is 6.29. The van der Waals surface area contributed by atoms with Crippen molar-refractivity contribution in [2.45, 2.75) is 78.4 Å². The Kier molecular flexibility index (Phi) is 6.99. The van der Waals surface area contributed by atoms with Crippen molar-refractivity contribution in [2.24, 2.45) is 5.41 Å². The molecule has 122 valence electrons. The Morgan fingerprint density at radius 1 is 1.14 bits per heavy atom. The lowest BCUT2D eigenvalue weighted by Crippen LogP contribution is -2.33. The van der Waals surface area contributed by atoms with E-state index in [9.17, 15) is 9.59 Å². The van der Waals surface area contributed by atoms with Crippen LogP contribution >= 0.6 is 0 Å². The summed E-state index contributed by atoms with van der Waals surface area (Å²) in [5.41, 5.74) is -0.504. The summed E-state index contributed by atoms with van der Waals surface area (Å²) in [5, 5.41) is 0. The van der Waals surface area contributed by atoms with Crippen LogP contribution in [0, 0.1) is 5.41 Å². The van der Waals surface area contributed by atoms with Gasteiger partial charge in [-0.2, -0.15) is 0 Å². The summed E-state index contributed by atoms with van der Waals surface area (Å²) in [6.45, 7) is 7.97. The van der Waals surface area contributed by atoms with E-state index in [4.69, 9.17) is 14.2 Å². The van der Waals surface area contributed by atoms with Crippen LogP contribution in [0.2, 0.25) is 0 Å². The normalized spacial score (nSPS) is 21.8. The summed E-state index contributed by atoms with van der Waals surface area (Å²) in [6.07, 6.45) is 4.17. The lowest BCUT2D eigenvalue weighted by atomic mass is 9.88. The third-order valence-corrected chi connectivity index (χ3v) is 3.81. The van der Waals surface area contributed by atoms with Crippen molar-refractivity contribution >= 4 is 12.1 Å². The van der Waals surface area contributed by atoms with Gasteiger partial charge in [0.2, 0.25) is 0 Å². The fraction of sp³-hybridized carbons (Fsp3) is 0.875. The van der Waals surface area contributed by atoms with Gasteiger partial charge in [0.25, 0.3) is 0 Å². The second kappa shape index (κ2) is 8.25. The van der Waals surface area contributed by atoms with E-state index in [1.54, 1.807) is 0 Å². The number of hydrogen-bond acceptors (Lipinski definition) is 5. The predicted molar refractivity (Wildman–Crippen MR) is 78.9 cm³/mol. The minimum absolute atomic E-state index is 0.0779. The molecule has 1 aliphatic heterocycles. The zero-order chi connectivity index (χ0) is 15.9. The van der Waals surface area contributed by atoms with Crippen molar-refractivity contribution in [3.63, 3.8) is 0 Å². The Bertz CT molecular complexity index is 351. The summed E-state index contributed by atoms with van der Waals surface area (Å²) in [6, 6.07) is 0. The van der Waals surface area contributed by atoms with E-state index in [1.165, 1.54) is 0 Å². The molecule has 0 amide bonds. The fourth-order valence-corrected chi connectivity index (χ4v) is 2.49. The topological polar surface area (TPSA) is 61.8 Å². The van der Waals surface area contributed by atoms with Gasteiger partial charge in [0, 0.05) is 0 Å². The van der Waals surface area contributed by atoms with Crippen molar-refractivity contribution in [1.82, 2.24) is 0 Å². The number of cyclic esters (lactones) is 2. The Hall–Kier alpha value is -1.26. The Morgan fingerprint density at radius 2 is 1.81 bits per heavy atom. The van der Waals surface area contributed by atoms with E-state index in [-0.39, 0.29) is 18.7 Å². The van der Waals surface area contributed by atoms with Gasteiger partial charge in [0.15, 0.2) is 6.10 Å². The lowest BCUT2D eigenvalue weighted by molar-refractivity contribution is -0.157. The SMILES string of the molecule is CCCCCC1OC(=O)OC1COC(=O)C(C)(C)CCC.